The molecule has 3 atom stereocenters. The molecule has 1 aliphatic rings. The smallest absolute Gasteiger partial charge is 0.410 e. The number of nitrogens with zero attached hydrogens (tertiary/aromatic N) is 1. The largest absolute Gasteiger partial charge is 0.445 e. The molecule has 0 aliphatic carbocycles. The quantitative estimate of drug-likeness (QED) is 0.0795. The van der Waals surface area contributed by atoms with E-state index in [0.29, 0.717) is 32.6 Å². The second kappa shape index (κ2) is 17.8. The Labute approximate surface area is 255 Å². The lowest BCUT2D eigenvalue weighted by Gasteiger charge is -2.34. The average molecular weight is 648 g/mol. The van der Waals surface area contributed by atoms with Gasteiger partial charge in [0, 0.05) is 41.8 Å². The van der Waals surface area contributed by atoms with Crippen molar-refractivity contribution in [1.82, 2.24) is 4.90 Å². The molecule has 1 amide bonds. The monoisotopic (exact) mass is 647 g/mol. The van der Waals surface area contributed by atoms with Crippen LogP contribution < -0.4 is 0 Å². The minimum atomic E-state index is -3.62. The summed E-state index contributed by atoms with van der Waals surface area (Å²) in [5, 5.41) is 0. The number of rotatable bonds is 20. The molecule has 0 radical (unpaired) electrons. The molecule has 0 bridgehead atoms. The molecule has 42 heavy (non-hydrogen) atoms. The molecule has 1 aromatic rings. The Bertz CT molecular complexity index is 1020. The molecule has 10 nitrogen and oxygen atoms in total. The summed E-state index contributed by atoms with van der Waals surface area (Å²) in [5.74, 6) is -0.286. The molecule has 0 unspecified atom stereocenters. The lowest BCUT2D eigenvalue weighted by molar-refractivity contribution is -0.113. The highest BCUT2D eigenvalue weighted by Gasteiger charge is 2.43. The average Bonchev–Trinajstić information content (AvgIpc) is 3.30. The molecule has 1 saturated heterocycles. The highest BCUT2D eigenvalue weighted by Crippen LogP contribution is 2.31. The number of ether oxygens (including phenoxy) is 5. The zero-order valence-electron chi connectivity index (χ0n) is 26.6. The van der Waals surface area contributed by atoms with Crippen molar-refractivity contribution in [3.63, 3.8) is 0 Å². The first kappa shape index (κ1) is 36.9. The van der Waals surface area contributed by atoms with E-state index in [1.54, 1.807) is 4.90 Å². The summed E-state index contributed by atoms with van der Waals surface area (Å²) in [4.78, 5) is 15.0. The van der Waals surface area contributed by atoms with Gasteiger partial charge in [0.05, 0.1) is 31.6 Å². The molecule has 0 spiro atoms. The SMILES string of the molecule is C[Si](C)(C)CCOCOC[C@@H](CCOS(C)(=O)=O)[C@H]1[C@@H](OCOCC[Si](C)(C)C)CCN1C(=O)OCc1ccccc1. The fourth-order valence-electron chi connectivity index (χ4n) is 4.51. The predicted octanol–water partition coefficient (Wildman–Crippen LogP) is 5.41. The molecular formula is C29H53NO9SSi2. The van der Waals surface area contributed by atoms with Gasteiger partial charge in [0.15, 0.2) is 0 Å². The van der Waals surface area contributed by atoms with Gasteiger partial charge in [-0.1, -0.05) is 69.6 Å². The zero-order valence-corrected chi connectivity index (χ0v) is 29.5. The van der Waals surface area contributed by atoms with Crippen molar-refractivity contribution in [1.29, 1.82) is 0 Å². The molecule has 1 aliphatic heterocycles. The second-order valence-corrected chi connectivity index (χ2v) is 26.2. The van der Waals surface area contributed by atoms with E-state index in [1.165, 1.54) is 0 Å². The van der Waals surface area contributed by atoms with E-state index in [-0.39, 0.29) is 45.4 Å². The maximum absolute atomic E-state index is 13.3. The summed E-state index contributed by atoms with van der Waals surface area (Å²) in [6.45, 7) is 16.0. The zero-order chi connectivity index (χ0) is 31.2. The molecule has 1 heterocycles. The maximum atomic E-state index is 13.3. The Balaban J connectivity index is 2.12. The van der Waals surface area contributed by atoms with Crippen LogP contribution in [0.25, 0.3) is 0 Å². The Morgan fingerprint density at radius 3 is 2.14 bits per heavy atom. The van der Waals surface area contributed by atoms with Crippen LogP contribution in [0.1, 0.15) is 18.4 Å². The van der Waals surface area contributed by atoms with Crippen molar-refractivity contribution in [3.8, 4) is 0 Å². The molecule has 2 rings (SSSR count). The second-order valence-electron chi connectivity index (χ2n) is 13.3. The van der Waals surface area contributed by atoms with Crippen molar-refractivity contribution in [2.45, 2.75) is 83.0 Å². The van der Waals surface area contributed by atoms with Crippen molar-refractivity contribution in [2.24, 2.45) is 5.92 Å². The maximum Gasteiger partial charge on any atom is 0.410 e. The van der Waals surface area contributed by atoms with Crippen LogP contribution in [0, 0.1) is 5.92 Å². The van der Waals surface area contributed by atoms with E-state index < -0.39 is 38.4 Å². The van der Waals surface area contributed by atoms with Gasteiger partial charge in [0.1, 0.15) is 20.2 Å². The van der Waals surface area contributed by atoms with Crippen LogP contribution in [0.3, 0.4) is 0 Å². The minimum absolute atomic E-state index is 0.0355. The molecule has 1 aromatic carbocycles. The van der Waals surface area contributed by atoms with E-state index in [2.05, 4.69) is 39.3 Å². The lowest BCUT2D eigenvalue weighted by atomic mass is 9.93. The standard InChI is InChI=1S/C29H53NO9SSi2/c1-40(32,33)39-16-14-26(22-36-23-34-17-19-41(2,3)4)28-27(38-24-35-18-20-42(5,6)7)13-15-30(28)29(31)37-21-25-11-9-8-10-12-25/h8-12,26-28H,13-24H2,1-7H3/t26-,27+,28+/m1/s1. The summed E-state index contributed by atoms with van der Waals surface area (Å²) in [6.07, 6.45) is 1.18. The number of benzene rings is 1. The summed E-state index contributed by atoms with van der Waals surface area (Å²) in [7, 11) is -6.09. The van der Waals surface area contributed by atoms with Crippen molar-refractivity contribution in [3.05, 3.63) is 35.9 Å². The summed E-state index contributed by atoms with van der Waals surface area (Å²) < 4.78 is 57.8. The number of hydrogen-bond donors (Lipinski definition) is 0. The van der Waals surface area contributed by atoms with Crippen LogP contribution in [-0.2, 0) is 44.6 Å². The van der Waals surface area contributed by atoms with E-state index in [4.69, 9.17) is 27.9 Å². The molecule has 0 saturated carbocycles. The Kier molecular flexibility index (Phi) is 15.7. The van der Waals surface area contributed by atoms with Gasteiger partial charge >= 0.3 is 6.09 Å². The van der Waals surface area contributed by atoms with Gasteiger partial charge in [-0.15, -0.1) is 0 Å². The first-order valence-electron chi connectivity index (χ1n) is 14.8. The van der Waals surface area contributed by atoms with Crippen LogP contribution in [-0.4, -0.2) is 101 Å². The number of likely N-dealkylation sites (tertiary alicyclic amines) is 1. The van der Waals surface area contributed by atoms with Gasteiger partial charge in [-0.3, -0.25) is 4.18 Å². The van der Waals surface area contributed by atoms with Crippen LogP contribution in [0.5, 0.6) is 0 Å². The number of carbonyl (C=O) groups excluding carboxylic acids is 1. The van der Waals surface area contributed by atoms with Crippen molar-refractivity contribution < 1.29 is 41.1 Å². The minimum Gasteiger partial charge on any atom is -0.445 e. The molecule has 13 heteroatoms. The molecule has 0 aromatic heterocycles. The summed E-state index contributed by atoms with van der Waals surface area (Å²) >= 11 is 0. The summed E-state index contributed by atoms with van der Waals surface area (Å²) in [6, 6.07) is 11.1. The Hall–Kier alpha value is -1.33. The molecule has 0 N–H and O–H groups in total. The third-order valence-corrected chi connectivity index (χ3v) is 11.0. The van der Waals surface area contributed by atoms with Gasteiger partial charge in [-0.25, -0.2) is 4.79 Å². The van der Waals surface area contributed by atoms with E-state index in [0.717, 1.165) is 23.9 Å². The van der Waals surface area contributed by atoms with Gasteiger partial charge in [0.2, 0.25) is 0 Å². The first-order chi connectivity index (χ1) is 19.6. The predicted molar refractivity (Wildman–Crippen MR) is 169 cm³/mol. The fourth-order valence-corrected chi connectivity index (χ4v) is 6.43. The Morgan fingerprint density at radius 1 is 0.929 bits per heavy atom. The van der Waals surface area contributed by atoms with E-state index >= 15 is 0 Å². The van der Waals surface area contributed by atoms with Gasteiger partial charge < -0.3 is 28.6 Å². The molecular weight excluding hydrogens is 595 g/mol. The third kappa shape index (κ3) is 15.9. The van der Waals surface area contributed by atoms with Crippen LogP contribution in [0.15, 0.2) is 30.3 Å². The molecule has 242 valence electrons. The Morgan fingerprint density at radius 2 is 1.55 bits per heavy atom. The van der Waals surface area contributed by atoms with Crippen molar-refractivity contribution in [2.75, 3.05) is 52.8 Å². The van der Waals surface area contributed by atoms with Gasteiger partial charge in [-0.2, -0.15) is 8.42 Å². The topological polar surface area (TPSA) is 110 Å². The molecule has 1 fully saturated rings. The van der Waals surface area contributed by atoms with Gasteiger partial charge in [-0.05, 0) is 30.5 Å². The normalized spacial score (nSPS) is 18.8. The lowest BCUT2D eigenvalue weighted by Crippen LogP contribution is -2.47. The van der Waals surface area contributed by atoms with Crippen molar-refractivity contribution >= 4 is 32.4 Å². The fraction of sp³-hybridized carbons (Fsp3) is 0.759. The number of amides is 1. The highest BCUT2D eigenvalue weighted by molar-refractivity contribution is 7.85. The number of carbonyl (C=O) groups is 1. The van der Waals surface area contributed by atoms with Crippen LogP contribution in [0.4, 0.5) is 4.79 Å². The van der Waals surface area contributed by atoms with E-state index in [9.17, 15) is 13.2 Å². The van der Waals surface area contributed by atoms with Crippen LogP contribution >= 0.6 is 0 Å². The van der Waals surface area contributed by atoms with Gasteiger partial charge in [0.25, 0.3) is 10.1 Å². The number of hydrogen-bond acceptors (Lipinski definition) is 9. The van der Waals surface area contributed by atoms with Crippen LogP contribution in [0.2, 0.25) is 51.4 Å². The van der Waals surface area contributed by atoms with E-state index in [1.807, 2.05) is 30.3 Å². The summed E-state index contributed by atoms with van der Waals surface area (Å²) in [5.41, 5.74) is 0.891. The third-order valence-electron chi connectivity index (χ3n) is 6.96. The first-order valence-corrected chi connectivity index (χ1v) is 24.0. The highest BCUT2D eigenvalue weighted by atomic mass is 32.2.